The summed E-state index contributed by atoms with van der Waals surface area (Å²) >= 11 is 0. The van der Waals surface area contributed by atoms with Gasteiger partial charge < -0.3 is 4.42 Å². The average molecular weight is 700 g/mol. The SMILES string of the molecule is c1ccc(-c2c3ccccc3c(-c3cc(-c4ccc5ccccc5c4)c(-c4nc5ccccc5o4)cc3-c3ccc4ccccc4c3)c3ccccc23)cc1. The third kappa shape index (κ3) is 5.22. The Bertz CT molecular complexity index is 3170. The van der Waals surface area contributed by atoms with Gasteiger partial charge >= 0.3 is 0 Å². The number of aromatic nitrogens is 1. The molecule has 0 aliphatic carbocycles. The third-order valence-electron chi connectivity index (χ3n) is 11.1. The van der Waals surface area contributed by atoms with Gasteiger partial charge in [0.05, 0.1) is 0 Å². The lowest BCUT2D eigenvalue weighted by Crippen LogP contribution is -1.96. The number of benzene rings is 10. The normalized spacial score (nSPS) is 11.6. The number of rotatable bonds is 5. The van der Waals surface area contributed by atoms with E-state index in [4.69, 9.17) is 9.40 Å². The van der Waals surface area contributed by atoms with E-state index < -0.39 is 0 Å². The zero-order chi connectivity index (χ0) is 36.3. The molecule has 0 N–H and O–H groups in total. The number of nitrogens with zero attached hydrogens (tertiary/aromatic N) is 1. The lowest BCUT2D eigenvalue weighted by Gasteiger charge is -2.22. The molecule has 0 bridgehead atoms. The number of fused-ring (bicyclic) bond motifs is 5. The minimum atomic E-state index is 0.604. The molecule has 55 heavy (non-hydrogen) atoms. The number of para-hydroxylation sites is 2. The third-order valence-corrected chi connectivity index (χ3v) is 11.1. The predicted molar refractivity (Wildman–Crippen MR) is 231 cm³/mol. The lowest BCUT2D eigenvalue weighted by atomic mass is 9.81. The van der Waals surface area contributed by atoms with E-state index in [2.05, 4.69) is 176 Å². The summed E-state index contributed by atoms with van der Waals surface area (Å²) in [6.07, 6.45) is 0. The van der Waals surface area contributed by atoms with Crippen molar-refractivity contribution in [3.63, 3.8) is 0 Å². The van der Waals surface area contributed by atoms with Crippen LogP contribution in [-0.2, 0) is 0 Å². The van der Waals surface area contributed by atoms with Crippen LogP contribution in [0.2, 0.25) is 0 Å². The van der Waals surface area contributed by atoms with Crippen molar-refractivity contribution in [2.75, 3.05) is 0 Å². The standard InChI is InChI=1S/C53H33NO/c1-2-16-36(17-3-1)51-41-20-8-10-22-43(41)52(44-23-11-9-21-42(44)51)47-32-46(40-29-27-35-15-5-7-19-38(35)31-40)48(53-54-49-24-12-13-25-50(49)55-53)33-45(47)39-28-26-34-14-4-6-18-37(34)30-39/h1-33H. The predicted octanol–water partition coefficient (Wildman–Crippen LogP) is 14.8. The van der Waals surface area contributed by atoms with E-state index in [9.17, 15) is 0 Å². The summed E-state index contributed by atoms with van der Waals surface area (Å²) in [4.78, 5) is 5.10. The van der Waals surface area contributed by atoms with Gasteiger partial charge in [-0.25, -0.2) is 4.98 Å². The highest BCUT2D eigenvalue weighted by molar-refractivity contribution is 6.23. The van der Waals surface area contributed by atoms with Crippen molar-refractivity contribution in [2.24, 2.45) is 0 Å². The Labute approximate surface area is 318 Å². The molecule has 256 valence electrons. The van der Waals surface area contributed by atoms with E-state index in [1.54, 1.807) is 0 Å². The molecule has 2 nitrogen and oxygen atoms in total. The summed E-state index contributed by atoms with van der Waals surface area (Å²) in [7, 11) is 0. The Kier molecular flexibility index (Phi) is 7.21. The fourth-order valence-corrected chi connectivity index (χ4v) is 8.50. The largest absolute Gasteiger partial charge is 0.436 e. The molecule has 0 saturated heterocycles. The number of hydrogen-bond acceptors (Lipinski definition) is 2. The molecular weight excluding hydrogens is 667 g/mol. The van der Waals surface area contributed by atoms with Crippen molar-refractivity contribution in [1.29, 1.82) is 0 Å². The van der Waals surface area contributed by atoms with Gasteiger partial charge in [-0.05, 0) is 124 Å². The van der Waals surface area contributed by atoms with Crippen LogP contribution in [0, 0.1) is 0 Å². The first-order chi connectivity index (χ1) is 27.3. The van der Waals surface area contributed by atoms with Gasteiger partial charge in [-0.1, -0.05) is 164 Å². The molecule has 0 saturated carbocycles. The first kappa shape index (κ1) is 31.3. The summed E-state index contributed by atoms with van der Waals surface area (Å²) in [5.74, 6) is 0.604. The highest BCUT2D eigenvalue weighted by Gasteiger charge is 2.24. The van der Waals surface area contributed by atoms with E-state index in [0.29, 0.717) is 5.89 Å². The summed E-state index contributed by atoms with van der Waals surface area (Å²) < 4.78 is 6.60. The zero-order valence-electron chi connectivity index (χ0n) is 29.9. The molecule has 0 spiro atoms. The number of oxazole rings is 1. The molecule has 1 aromatic heterocycles. The maximum Gasteiger partial charge on any atom is 0.227 e. The quantitative estimate of drug-likeness (QED) is 0.167. The van der Waals surface area contributed by atoms with Crippen LogP contribution in [0.4, 0.5) is 0 Å². The first-order valence-corrected chi connectivity index (χ1v) is 18.8. The maximum atomic E-state index is 6.60. The Balaban J connectivity index is 1.30. The summed E-state index contributed by atoms with van der Waals surface area (Å²) in [5.41, 5.74) is 11.8. The van der Waals surface area contributed by atoms with Gasteiger partial charge in [0.15, 0.2) is 5.58 Å². The van der Waals surface area contributed by atoms with Crippen LogP contribution in [0.1, 0.15) is 0 Å². The second-order valence-electron chi connectivity index (χ2n) is 14.3. The van der Waals surface area contributed by atoms with E-state index in [1.807, 2.05) is 24.3 Å². The molecule has 0 atom stereocenters. The van der Waals surface area contributed by atoms with Gasteiger partial charge in [-0.2, -0.15) is 0 Å². The minimum absolute atomic E-state index is 0.604. The smallest absolute Gasteiger partial charge is 0.227 e. The van der Waals surface area contributed by atoms with E-state index in [0.717, 1.165) is 44.5 Å². The van der Waals surface area contributed by atoms with Crippen molar-refractivity contribution >= 4 is 54.2 Å². The van der Waals surface area contributed by atoms with Gasteiger partial charge in [0, 0.05) is 5.56 Å². The lowest BCUT2D eigenvalue weighted by molar-refractivity contribution is 0.620. The fraction of sp³-hybridized carbons (Fsp3) is 0. The Hall–Kier alpha value is -7.29. The van der Waals surface area contributed by atoms with Crippen LogP contribution >= 0.6 is 0 Å². The molecule has 0 radical (unpaired) electrons. The monoisotopic (exact) mass is 699 g/mol. The molecule has 11 rings (SSSR count). The molecule has 1 heterocycles. The van der Waals surface area contributed by atoms with Crippen LogP contribution in [0.5, 0.6) is 0 Å². The molecular formula is C53H33NO. The van der Waals surface area contributed by atoms with Gasteiger partial charge in [0.25, 0.3) is 0 Å². The summed E-state index contributed by atoms with van der Waals surface area (Å²) in [5, 5.41) is 9.67. The molecule has 0 unspecified atom stereocenters. The summed E-state index contributed by atoms with van der Waals surface area (Å²) in [6, 6.07) is 72.0. The van der Waals surface area contributed by atoms with Gasteiger partial charge in [-0.3, -0.25) is 0 Å². The van der Waals surface area contributed by atoms with Gasteiger partial charge in [0.2, 0.25) is 5.89 Å². The van der Waals surface area contributed by atoms with Crippen LogP contribution in [0.3, 0.4) is 0 Å². The second-order valence-corrected chi connectivity index (χ2v) is 14.3. The Morgan fingerprint density at radius 3 is 1.38 bits per heavy atom. The topological polar surface area (TPSA) is 26.0 Å². The minimum Gasteiger partial charge on any atom is -0.436 e. The molecule has 0 aliphatic heterocycles. The van der Waals surface area contributed by atoms with Crippen molar-refractivity contribution in [1.82, 2.24) is 4.98 Å². The van der Waals surface area contributed by atoms with Crippen LogP contribution in [0.25, 0.3) is 110 Å². The molecule has 2 heteroatoms. The first-order valence-electron chi connectivity index (χ1n) is 18.8. The van der Waals surface area contributed by atoms with Crippen molar-refractivity contribution < 1.29 is 4.42 Å². The molecule has 10 aromatic carbocycles. The van der Waals surface area contributed by atoms with Crippen LogP contribution in [0.15, 0.2) is 205 Å². The van der Waals surface area contributed by atoms with Gasteiger partial charge in [0.1, 0.15) is 5.52 Å². The van der Waals surface area contributed by atoms with E-state index in [1.165, 1.54) is 59.8 Å². The van der Waals surface area contributed by atoms with Gasteiger partial charge in [-0.15, -0.1) is 0 Å². The fourth-order valence-electron chi connectivity index (χ4n) is 8.50. The average Bonchev–Trinajstić information content (AvgIpc) is 3.69. The maximum absolute atomic E-state index is 6.60. The van der Waals surface area contributed by atoms with E-state index >= 15 is 0 Å². The van der Waals surface area contributed by atoms with Crippen molar-refractivity contribution in [3.05, 3.63) is 200 Å². The Morgan fingerprint density at radius 1 is 0.309 bits per heavy atom. The van der Waals surface area contributed by atoms with E-state index in [-0.39, 0.29) is 0 Å². The molecule has 11 aromatic rings. The van der Waals surface area contributed by atoms with Crippen LogP contribution < -0.4 is 0 Å². The molecule has 0 aliphatic rings. The molecule has 0 amide bonds. The highest BCUT2D eigenvalue weighted by atomic mass is 16.3. The van der Waals surface area contributed by atoms with Crippen molar-refractivity contribution in [3.8, 4) is 56.0 Å². The summed E-state index contributed by atoms with van der Waals surface area (Å²) in [6.45, 7) is 0. The second kappa shape index (κ2) is 12.7. The highest BCUT2D eigenvalue weighted by Crippen LogP contribution is 2.49. The zero-order valence-corrected chi connectivity index (χ0v) is 29.9. The molecule has 0 fully saturated rings. The van der Waals surface area contributed by atoms with Crippen LogP contribution in [-0.4, -0.2) is 4.98 Å². The number of hydrogen-bond donors (Lipinski definition) is 0. The van der Waals surface area contributed by atoms with Crippen molar-refractivity contribution in [2.45, 2.75) is 0 Å². The Morgan fingerprint density at radius 2 is 0.782 bits per heavy atom.